The number of benzene rings is 1. The molecule has 0 unspecified atom stereocenters. The Morgan fingerprint density at radius 1 is 1.15 bits per heavy atom. The average molecular weight is 378 g/mol. The summed E-state index contributed by atoms with van der Waals surface area (Å²) < 4.78 is 42.6. The number of halogens is 3. The molecule has 2 heterocycles. The van der Waals surface area contributed by atoms with Crippen molar-refractivity contribution in [2.45, 2.75) is 32.1 Å². The van der Waals surface area contributed by atoms with Crippen LogP contribution in [0, 0.1) is 6.92 Å². The third-order valence-corrected chi connectivity index (χ3v) is 4.44. The maximum atomic E-state index is 14.2. The molecule has 0 saturated heterocycles. The van der Waals surface area contributed by atoms with Crippen molar-refractivity contribution in [3.63, 3.8) is 0 Å². The molecule has 3 N–H and O–H groups in total. The summed E-state index contributed by atoms with van der Waals surface area (Å²) in [6.07, 6.45) is -2.85. The van der Waals surface area contributed by atoms with Gasteiger partial charge in [0, 0.05) is 5.56 Å². The number of rotatable bonds is 5. The zero-order valence-electron chi connectivity index (χ0n) is 15.0. The topological polar surface area (TPSA) is 60.5 Å². The number of aromatic amines is 1. The predicted molar refractivity (Wildman–Crippen MR) is 93.7 cm³/mol. The summed E-state index contributed by atoms with van der Waals surface area (Å²) in [4.78, 5) is 19.4. The lowest BCUT2D eigenvalue weighted by molar-refractivity contribution is -0.568. The third-order valence-electron chi connectivity index (χ3n) is 4.44. The van der Waals surface area contributed by atoms with Crippen molar-refractivity contribution in [3.05, 3.63) is 59.8 Å². The normalized spacial score (nSPS) is 20.0. The minimum atomic E-state index is -4.87. The van der Waals surface area contributed by atoms with Gasteiger partial charge in [0.2, 0.25) is 0 Å². The van der Waals surface area contributed by atoms with E-state index >= 15 is 0 Å². The minimum absolute atomic E-state index is 0.126. The summed E-state index contributed by atoms with van der Waals surface area (Å²) in [7, 11) is 0. The van der Waals surface area contributed by atoms with Crippen molar-refractivity contribution in [2.24, 2.45) is 0 Å². The molecule has 0 aliphatic carbocycles. The molecule has 1 aliphatic heterocycles. The molecule has 8 heteroatoms. The van der Waals surface area contributed by atoms with Crippen LogP contribution in [0.25, 0.3) is 0 Å². The number of alkyl halides is 3. The quantitative estimate of drug-likeness (QED) is 0.823. The number of anilines is 1. The van der Waals surface area contributed by atoms with E-state index in [0.29, 0.717) is 17.5 Å². The molecule has 0 radical (unpaired) electrons. The van der Waals surface area contributed by atoms with Crippen LogP contribution >= 0.6 is 0 Å². The Bertz CT molecular complexity index is 867. The number of aromatic nitrogens is 1. The lowest BCUT2D eigenvalue weighted by Crippen LogP contribution is -2.94. The van der Waals surface area contributed by atoms with Crippen LogP contribution in [-0.4, -0.2) is 35.0 Å². The number of nitrogens with one attached hydrogen (secondary N) is 3. The number of hydrogen-bond acceptors (Lipinski definition) is 2. The predicted octanol–water partition coefficient (Wildman–Crippen LogP) is 1.26. The number of H-pyrrole nitrogens is 1. The van der Waals surface area contributed by atoms with Crippen molar-refractivity contribution in [1.29, 1.82) is 0 Å². The summed E-state index contributed by atoms with van der Waals surface area (Å²) in [5.74, 6) is -0.811. The highest BCUT2D eigenvalue weighted by atomic mass is 19.4. The fourth-order valence-corrected chi connectivity index (χ4v) is 3.05. The van der Waals surface area contributed by atoms with E-state index in [9.17, 15) is 18.0 Å². The average Bonchev–Trinajstić information content (AvgIpc) is 2.92. The van der Waals surface area contributed by atoms with E-state index in [0.717, 1.165) is 4.90 Å². The zero-order valence-corrected chi connectivity index (χ0v) is 15.0. The molecule has 0 spiro atoms. The number of amides is 1. The van der Waals surface area contributed by atoms with E-state index in [2.05, 4.69) is 15.3 Å². The van der Waals surface area contributed by atoms with Crippen LogP contribution in [-0.2, 0) is 4.79 Å². The smallest absolute Gasteiger partial charge is 0.247 e. The van der Waals surface area contributed by atoms with Gasteiger partial charge in [0.15, 0.2) is 0 Å². The second kappa shape index (κ2) is 7.02. The van der Waals surface area contributed by atoms with Gasteiger partial charge in [-0.1, -0.05) is 25.1 Å². The second-order valence-corrected chi connectivity index (χ2v) is 6.40. The maximum Gasteiger partial charge on any atom is 0.488 e. The number of carbonyl (C=O) groups is 1. The number of pyridine rings is 1. The highest BCUT2D eigenvalue weighted by Crippen LogP contribution is 2.32. The van der Waals surface area contributed by atoms with Crippen molar-refractivity contribution >= 4 is 17.6 Å². The van der Waals surface area contributed by atoms with Gasteiger partial charge in [-0.2, -0.15) is 18.1 Å². The number of carbonyl (C=O) groups excluding carboxylic acids is 1. The lowest BCUT2D eigenvalue weighted by atomic mass is 10.1. The van der Waals surface area contributed by atoms with Crippen LogP contribution < -0.4 is 15.3 Å². The van der Waals surface area contributed by atoms with Gasteiger partial charge in [-0.25, -0.2) is 20.1 Å². The van der Waals surface area contributed by atoms with Crippen LogP contribution in [0.5, 0.6) is 0 Å². The van der Waals surface area contributed by atoms with Crippen molar-refractivity contribution < 1.29 is 27.9 Å². The molecule has 0 bridgehead atoms. The van der Waals surface area contributed by atoms with Gasteiger partial charge in [-0.05, 0) is 37.6 Å². The molecule has 2 aromatic rings. The molecule has 1 aliphatic rings. The first-order chi connectivity index (χ1) is 12.8. The standard InChI is InChI=1S/C19H19F3N4O/c1-3-12-26-16(14-9-5-4-6-10-14)25-18(17(26)27,19(20,21)22)24-15-13(2)8-7-11-23-15/h4-11H,3,12H2,1-2H3,(H,23,24)/p+2/t18-/m1/s1. The molecular formula is C19H21F3N4O+2. The Morgan fingerprint density at radius 3 is 2.44 bits per heavy atom. The van der Waals surface area contributed by atoms with E-state index in [1.165, 1.54) is 6.20 Å². The first-order valence-corrected chi connectivity index (χ1v) is 8.65. The van der Waals surface area contributed by atoms with Gasteiger partial charge in [-0.3, -0.25) is 0 Å². The van der Waals surface area contributed by atoms with E-state index in [4.69, 9.17) is 0 Å². The lowest BCUT2D eigenvalue weighted by Gasteiger charge is -2.21. The number of aryl methyl sites for hydroxylation is 1. The number of amidine groups is 1. The van der Waals surface area contributed by atoms with Gasteiger partial charge < -0.3 is 0 Å². The minimum Gasteiger partial charge on any atom is -0.247 e. The maximum absolute atomic E-state index is 14.2. The van der Waals surface area contributed by atoms with E-state index in [1.54, 1.807) is 49.4 Å². The molecule has 0 fully saturated rings. The summed E-state index contributed by atoms with van der Waals surface area (Å²) in [5, 5.41) is 2.40. The van der Waals surface area contributed by atoms with E-state index in [1.807, 2.05) is 6.92 Å². The van der Waals surface area contributed by atoms with Crippen LogP contribution in [0.2, 0.25) is 0 Å². The fourth-order valence-electron chi connectivity index (χ4n) is 3.05. The van der Waals surface area contributed by atoms with E-state index in [-0.39, 0.29) is 18.2 Å². The van der Waals surface area contributed by atoms with Crippen LogP contribution in [0.15, 0.2) is 48.7 Å². The highest BCUT2D eigenvalue weighted by molar-refractivity contribution is 6.11. The summed E-state index contributed by atoms with van der Waals surface area (Å²) >= 11 is 0. The fraction of sp³-hybridized carbons (Fsp3) is 0.316. The third kappa shape index (κ3) is 3.27. The Labute approximate surface area is 154 Å². The second-order valence-electron chi connectivity index (χ2n) is 6.40. The van der Waals surface area contributed by atoms with Crippen molar-refractivity contribution in [3.8, 4) is 0 Å². The first kappa shape index (κ1) is 18.9. The first-order valence-electron chi connectivity index (χ1n) is 8.65. The summed E-state index contributed by atoms with van der Waals surface area (Å²) in [5.41, 5.74) is -1.87. The van der Waals surface area contributed by atoms with Gasteiger partial charge in [0.25, 0.3) is 11.7 Å². The number of hydrogen-bond donors (Lipinski definition) is 2. The van der Waals surface area contributed by atoms with Crippen LogP contribution in [0.1, 0.15) is 24.5 Å². The molecule has 0 saturated carbocycles. The SMILES string of the molecule is CCCN1C(=O)[C@](Nc2[nH+]cccc2C)(C(F)(F)F)[NH+]=C1c1ccccc1. The summed E-state index contributed by atoms with van der Waals surface area (Å²) in [6.45, 7) is 3.65. The monoisotopic (exact) mass is 378 g/mol. The molecule has 5 nitrogen and oxygen atoms in total. The zero-order chi connectivity index (χ0) is 19.7. The largest absolute Gasteiger partial charge is 0.488 e. The van der Waals surface area contributed by atoms with Gasteiger partial charge >= 0.3 is 17.7 Å². The summed E-state index contributed by atoms with van der Waals surface area (Å²) in [6, 6.07) is 11.9. The number of nitrogens with zero attached hydrogens (tertiary/aromatic N) is 1. The molecule has 1 atom stereocenters. The molecule has 1 aromatic carbocycles. The van der Waals surface area contributed by atoms with Gasteiger partial charge in [0.05, 0.1) is 18.3 Å². The molecular weight excluding hydrogens is 357 g/mol. The van der Waals surface area contributed by atoms with Crippen LogP contribution in [0.4, 0.5) is 19.0 Å². The highest BCUT2D eigenvalue weighted by Gasteiger charge is 2.75. The molecule has 142 valence electrons. The molecule has 1 aromatic heterocycles. The Kier molecular flexibility index (Phi) is 4.91. The molecule has 3 rings (SSSR count). The molecule has 1 amide bonds. The Morgan fingerprint density at radius 2 is 1.85 bits per heavy atom. The van der Waals surface area contributed by atoms with Gasteiger partial charge in [0.1, 0.15) is 0 Å². The van der Waals surface area contributed by atoms with Crippen molar-refractivity contribution in [1.82, 2.24) is 4.90 Å². The Hall–Kier alpha value is -2.90. The Balaban J connectivity index is 2.16. The molecule has 27 heavy (non-hydrogen) atoms. The van der Waals surface area contributed by atoms with Crippen molar-refractivity contribution in [2.75, 3.05) is 11.9 Å². The van der Waals surface area contributed by atoms with Gasteiger partial charge in [-0.15, -0.1) is 0 Å². The van der Waals surface area contributed by atoms with E-state index < -0.39 is 17.7 Å². The van der Waals surface area contributed by atoms with Crippen LogP contribution in [0.3, 0.4) is 0 Å².